The van der Waals surface area contributed by atoms with Crippen molar-refractivity contribution in [2.45, 2.75) is 12.1 Å². The summed E-state index contributed by atoms with van der Waals surface area (Å²) in [5, 5.41) is 13.6. The standard InChI is InChI=1S/C76H50N10O/c1-9-29-77-63(17-1)49-39-57-58-40-50(64-18-2-10-30-78-64)54(68-22-6-14-34-82-68)44-72(58)85(71(57)43-53(49)67-21-5-13-33-81-67)47-25-27-75-61(37-47)62-38-48(26-28-76(62)87-75)86-73-45-55(69-23-7-15-35-83-69)51(65-19-3-11-31-79-65)41-59(73)60-42-52(66-20-4-12-32-80-66)56(46-74(60)86)70-24-8-16-36-84-70/h1-46,63,68,77,82H. The maximum Gasteiger partial charge on any atom is 0.135 e. The third kappa shape index (κ3) is 8.42. The number of nitrogens with zero attached hydrogens (tertiary/aromatic N) is 8. The van der Waals surface area contributed by atoms with Crippen LogP contribution in [-0.2, 0) is 0 Å². The van der Waals surface area contributed by atoms with E-state index in [1.54, 1.807) is 0 Å². The van der Waals surface area contributed by atoms with Gasteiger partial charge in [-0.3, -0.25) is 29.9 Å². The number of hydrogen-bond acceptors (Lipinski definition) is 9. The van der Waals surface area contributed by atoms with Crippen molar-refractivity contribution in [1.82, 2.24) is 49.7 Å². The van der Waals surface area contributed by atoms with Gasteiger partial charge in [0.2, 0.25) is 0 Å². The largest absolute Gasteiger partial charge is 0.456 e. The maximum atomic E-state index is 6.85. The van der Waals surface area contributed by atoms with Crippen LogP contribution in [0.1, 0.15) is 23.2 Å². The van der Waals surface area contributed by atoms with E-state index in [9.17, 15) is 0 Å². The topological polar surface area (TPSA) is 124 Å². The summed E-state index contributed by atoms with van der Waals surface area (Å²) in [6.07, 6.45) is 27.9. The van der Waals surface area contributed by atoms with E-state index in [-0.39, 0.29) is 12.1 Å². The summed E-state index contributed by atoms with van der Waals surface area (Å²) < 4.78 is 11.7. The predicted molar refractivity (Wildman–Crippen MR) is 350 cm³/mol. The lowest BCUT2D eigenvalue weighted by atomic mass is 9.92. The van der Waals surface area contributed by atoms with Gasteiger partial charge < -0.3 is 24.2 Å². The van der Waals surface area contributed by atoms with Gasteiger partial charge in [0.25, 0.3) is 0 Å². The zero-order valence-corrected chi connectivity index (χ0v) is 46.7. The molecule has 0 fully saturated rings. The van der Waals surface area contributed by atoms with Crippen LogP contribution in [0, 0.1) is 0 Å². The minimum atomic E-state index is -0.103. The first-order chi connectivity index (χ1) is 43.1. The quantitative estimate of drug-likeness (QED) is 0.138. The molecule has 11 heterocycles. The highest BCUT2D eigenvalue weighted by atomic mass is 16.3. The highest BCUT2D eigenvalue weighted by molar-refractivity contribution is 6.16. The Bertz CT molecular complexity index is 5180. The average molecular weight is 1120 g/mol. The number of aromatic nitrogens is 8. The molecule has 11 heteroatoms. The van der Waals surface area contributed by atoms with Gasteiger partial charge in [-0.05, 0) is 193 Å². The predicted octanol–water partition coefficient (Wildman–Crippen LogP) is 17.6. The maximum absolute atomic E-state index is 6.85. The number of pyridine rings is 6. The second-order valence-electron chi connectivity index (χ2n) is 21.9. The summed E-state index contributed by atoms with van der Waals surface area (Å²) in [4.78, 5) is 29.6. The lowest BCUT2D eigenvalue weighted by Gasteiger charge is -2.20. The van der Waals surface area contributed by atoms with Crippen LogP contribution in [0.3, 0.4) is 0 Å². The first kappa shape index (κ1) is 49.8. The molecule has 0 bridgehead atoms. The fourth-order valence-electron chi connectivity index (χ4n) is 13.1. The summed E-state index contributed by atoms with van der Waals surface area (Å²) in [5.41, 5.74) is 21.1. The van der Waals surface area contributed by atoms with Gasteiger partial charge >= 0.3 is 0 Å². The molecule has 410 valence electrons. The first-order valence-electron chi connectivity index (χ1n) is 29.1. The number of nitrogens with one attached hydrogen (secondary N) is 2. The zero-order chi connectivity index (χ0) is 57.4. The second-order valence-corrected chi connectivity index (χ2v) is 21.9. The molecule has 0 radical (unpaired) electrons. The molecule has 0 saturated carbocycles. The van der Waals surface area contributed by atoms with Gasteiger partial charge in [0.15, 0.2) is 0 Å². The summed E-state index contributed by atoms with van der Waals surface area (Å²) in [6.45, 7) is 0. The Kier molecular flexibility index (Phi) is 11.7. The van der Waals surface area contributed by atoms with Crippen LogP contribution < -0.4 is 10.6 Å². The molecule has 87 heavy (non-hydrogen) atoms. The van der Waals surface area contributed by atoms with Crippen molar-refractivity contribution in [2.24, 2.45) is 0 Å². The van der Waals surface area contributed by atoms with Crippen LogP contribution in [0.15, 0.2) is 285 Å². The molecule has 0 aliphatic carbocycles. The van der Waals surface area contributed by atoms with E-state index in [2.05, 4.69) is 178 Å². The van der Waals surface area contributed by atoms with Crippen LogP contribution >= 0.6 is 0 Å². The molecule has 6 aromatic carbocycles. The van der Waals surface area contributed by atoms with E-state index in [0.29, 0.717) is 0 Å². The number of fused-ring (bicyclic) bond motifs is 9. The number of benzene rings is 6. The normalized spacial score (nSPS) is 14.7. The van der Waals surface area contributed by atoms with Crippen LogP contribution in [0.2, 0.25) is 0 Å². The van der Waals surface area contributed by atoms with Crippen LogP contribution in [0.25, 0.3) is 144 Å². The lowest BCUT2D eigenvalue weighted by molar-refractivity contribution is 0.669. The fraction of sp³-hybridized carbons (Fsp3) is 0.0263. The number of dihydropyridines is 2. The Morgan fingerprint density at radius 1 is 0.299 bits per heavy atom. The Balaban J connectivity index is 0.935. The fourth-order valence-corrected chi connectivity index (χ4v) is 13.1. The van der Waals surface area contributed by atoms with Crippen molar-refractivity contribution in [2.75, 3.05) is 0 Å². The minimum Gasteiger partial charge on any atom is -0.456 e. The van der Waals surface area contributed by atoms with Crippen LogP contribution in [0.4, 0.5) is 0 Å². The Morgan fingerprint density at radius 2 is 0.632 bits per heavy atom. The van der Waals surface area contributed by atoms with E-state index >= 15 is 0 Å². The number of hydrogen-bond donors (Lipinski definition) is 2. The van der Waals surface area contributed by atoms with Gasteiger partial charge in [0, 0.05) is 114 Å². The zero-order valence-electron chi connectivity index (χ0n) is 46.7. The third-order valence-electron chi connectivity index (χ3n) is 17.0. The van der Waals surface area contributed by atoms with Crippen molar-refractivity contribution >= 4 is 65.6 Å². The molecule has 2 atom stereocenters. The molecule has 2 unspecified atom stereocenters. The van der Waals surface area contributed by atoms with Gasteiger partial charge in [-0.25, -0.2) is 0 Å². The van der Waals surface area contributed by atoms with E-state index < -0.39 is 0 Å². The molecule has 2 aliphatic heterocycles. The van der Waals surface area contributed by atoms with Gasteiger partial charge in [0.1, 0.15) is 11.2 Å². The van der Waals surface area contributed by atoms with Crippen molar-refractivity contribution in [1.29, 1.82) is 0 Å². The van der Waals surface area contributed by atoms with Crippen molar-refractivity contribution in [3.63, 3.8) is 0 Å². The Morgan fingerprint density at radius 3 is 1.01 bits per heavy atom. The molecule has 2 N–H and O–H groups in total. The second kappa shape index (κ2) is 20.5. The smallest absolute Gasteiger partial charge is 0.135 e. The number of furan rings is 1. The molecule has 2 aliphatic rings. The van der Waals surface area contributed by atoms with Crippen molar-refractivity contribution in [3.05, 3.63) is 291 Å². The summed E-state index contributed by atoms with van der Waals surface area (Å²) >= 11 is 0. The van der Waals surface area contributed by atoms with Crippen molar-refractivity contribution in [3.8, 4) is 78.9 Å². The number of allylic oxidation sites excluding steroid dienone is 4. The highest BCUT2D eigenvalue weighted by Gasteiger charge is 2.27. The SMILES string of the molecule is C1=CNC(c2cc3c4cc(-c5ccccn5)c(C5C=CC=CN5)cc4n(-c4ccc5oc6ccc(-n7c8cc(-c9ccccn9)c(-c9ccccn9)cc8c8cc(-c9ccccn9)c(-c9ccccn9)cc87)cc6c5c4)c3cc2-c2ccccn2)C=C1. The highest BCUT2D eigenvalue weighted by Crippen LogP contribution is 2.47. The molecule has 15 aromatic rings. The lowest BCUT2D eigenvalue weighted by Crippen LogP contribution is -2.16. The molecule has 0 amide bonds. The molecular weight excluding hydrogens is 1070 g/mol. The molecule has 0 saturated heterocycles. The van der Waals surface area contributed by atoms with Crippen LogP contribution in [0.5, 0.6) is 0 Å². The molecule has 9 aromatic heterocycles. The molecular formula is C76H50N10O. The monoisotopic (exact) mass is 1120 g/mol. The molecule has 0 spiro atoms. The summed E-state index contributed by atoms with van der Waals surface area (Å²) in [5.74, 6) is 0. The van der Waals surface area contributed by atoms with E-state index in [4.69, 9.17) is 34.3 Å². The summed E-state index contributed by atoms with van der Waals surface area (Å²) in [6, 6.07) is 68.0. The van der Waals surface area contributed by atoms with E-state index in [1.807, 2.05) is 122 Å². The van der Waals surface area contributed by atoms with E-state index in [1.165, 1.54) is 0 Å². The Labute approximate surface area is 499 Å². The van der Waals surface area contributed by atoms with Crippen molar-refractivity contribution < 1.29 is 4.42 Å². The molecule has 11 nitrogen and oxygen atoms in total. The third-order valence-corrected chi connectivity index (χ3v) is 17.0. The average Bonchev–Trinajstić information content (AvgIpc) is 1.63. The van der Waals surface area contributed by atoms with Gasteiger partial charge in [-0.2, -0.15) is 0 Å². The van der Waals surface area contributed by atoms with Gasteiger partial charge in [-0.1, -0.05) is 60.7 Å². The molecule has 17 rings (SSSR count). The van der Waals surface area contributed by atoms with Crippen LogP contribution in [-0.4, -0.2) is 39.0 Å². The Hall–Kier alpha value is -11.8. The number of rotatable bonds is 10. The summed E-state index contributed by atoms with van der Waals surface area (Å²) in [7, 11) is 0. The minimum absolute atomic E-state index is 0.0842. The first-order valence-corrected chi connectivity index (χ1v) is 29.1. The van der Waals surface area contributed by atoms with E-state index in [0.717, 1.165) is 156 Å². The van der Waals surface area contributed by atoms with Gasteiger partial charge in [-0.15, -0.1) is 0 Å². The van der Waals surface area contributed by atoms with Gasteiger partial charge in [0.05, 0.1) is 68.3 Å².